The van der Waals surface area contributed by atoms with E-state index < -0.39 is 0 Å². The van der Waals surface area contributed by atoms with Gasteiger partial charge in [-0.15, -0.1) is 0 Å². The van der Waals surface area contributed by atoms with Crippen LogP contribution in [-0.4, -0.2) is 36.5 Å². The fourth-order valence-electron chi connectivity index (χ4n) is 4.87. The number of amides is 1. The second kappa shape index (κ2) is 6.64. The van der Waals surface area contributed by atoms with E-state index in [9.17, 15) is 4.79 Å². The predicted molar refractivity (Wildman–Crippen MR) is 92.4 cm³/mol. The van der Waals surface area contributed by atoms with E-state index in [1.54, 1.807) is 0 Å². The van der Waals surface area contributed by atoms with Gasteiger partial charge in [0.05, 0.1) is 5.92 Å². The first-order valence-corrected chi connectivity index (χ1v) is 9.43. The van der Waals surface area contributed by atoms with Crippen LogP contribution >= 0.6 is 0 Å². The van der Waals surface area contributed by atoms with Crippen molar-refractivity contribution in [3.63, 3.8) is 0 Å². The largest absolute Gasteiger partial charge is 0.342 e. The molecule has 2 fully saturated rings. The number of piperidine rings is 1. The van der Waals surface area contributed by atoms with Gasteiger partial charge in [0.1, 0.15) is 0 Å². The molecule has 0 radical (unpaired) electrons. The summed E-state index contributed by atoms with van der Waals surface area (Å²) in [5.41, 5.74) is 2.69. The number of likely N-dealkylation sites (tertiary alicyclic amines) is 1. The summed E-state index contributed by atoms with van der Waals surface area (Å²) < 4.78 is 0. The van der Waals surface area contributed by atoms with Gasteiger partial charge in [-0.3, -0.25) is 4.79 Å². The first-order chi connectivity index (χ1) is 11.3. The average Bonchev–Trinajstić information content (AvgIpc) is 3.15. The van der Waals surface area contributed by atoms with Gasteiger partial charge in [0.25, 0.3) is 0 Å². The van der Waals surface area contributed by atoms with Crippen LogP contribution in [-0.2, 0) is 11.2 Å². The molecule has 1 amide bonds. The third kappa shape index (κ3) is 3.03. The highest BCUT2D eigenvalue weighted by molar-refractivity contribution is 5.84. The molecule has 0 saturated carbocycles. The highest BCUT2D eigenvalue weighted by Crippen LogP contribution is 2.34. The van der Waals surface area contributed by atoms with Crippen molar-refractivity contribution < 1.29 is 4.79 Å². The van der Waals surface area contributed by atoms with Crippen LogP contribution in [0.2, 0.25) is 0 Å². The molecule has 2 unspecified atom stereocenters. The monoisotopic (exact) mass is 312 g/mol. The van der Waals surface area contributed by atoms with Crippen LogP contribution in [0.5, 0.6) is 0 Å². The van der Waals surface area contributed by atoms with Crippen molar-refractivity contribution in [2.75, 3.05) is 19.6 Å². The minimum Gasteiger partial charge on any atom is -0.342 e. The second-order valence-electron chi connectivity index (χ2n) is 7.51. The van der Waals surface area contributed by atoms with E-state index in [2.05, 4.69) is 34.5 Å². The molecule has 0 bridgehead atoms. The Hall–Kier alpha value is -1.35. The Labute approximate surface area is 139 Å². The highest BCUT2D eigenvalue weighted by Gasteiger charge is 2.34. The van der Waals surface area contributed by atoms with Crippen LogP contribution in [0.25, 0.3) is 0 Å². The molecule has 0 aromatic heterocycles. The van der Waals surface area contributed by atoms with Crippen LogP contribution in [0, 0.1) is 5.92 Å². The fourth-order valence-corrected chi connectivity index (χ4v) is 4.87. The Morgan fingerprint density at radius 2 is 1.87 bits per heavy atom. The SMILES string of the molecule is O=C(C1CCCc2ccccc21)N1CCC(C2CCCN2)CC1. The molecule has 124 valence electrons. The smallest absolute Gasteiger partial charge is 0.230 e. The molecule has 2 aliphatic heterocycles. The van der Waals surface area contributed by atoms with E-state index in [0.717, 1.165) is 38.3 Å². The van der Waals surface area contributed by atoms with Crippen molar-refractivity contribution in [3.8, 4) is 0 Å². The lowest BCUT2D eigenvalue weighted by atomic mass is 9.81. The van der Waals surface area contributed by atoms with Crippen LogP contribution in [0.4, 0.5) is 0 Å². The number of carbonyl (C=O) groups excluding carboxylic acids is 1. The molecule has 3 nitrogen and oxygen atoms in total. The molecule has 4 rings (SSSR count). The molecule has 2 heterocycles. The van der Waals surface area contributed by atoms with Crippen LogP contribution < -0.4 is 5.32 Å². The topological polar surface area (TPSA) is 32.3 Å². The summed E-state index contributed by atoms with van der Waals surface area (Å²) in [7, 11) is 0. The zero-order valence-corrected chi connectivity index (χ0v) is 14.0. The summed E-state index contributed by atoms with van der Waals surface area (Å²) in [6.07, 6.45) is 8.32. The number of fused-ring (bicyclic) bond motifs is 1. The van der Waals surface area contributed by atoms with E-state index in [1.165, 1.54) is 43.4 Å². The van der Waals surface area contributed by atoms with Crippen molar-refractivity contribution in [2.24, 2.45) is 5.92 Å². The van der Waals surface area contributed by atoms with E-state index >= 15 is 0 Å². The molecular weight excluding hydrogens is 284 g/mol. The molecule has 3 heteroatoms. The highest BCUT2D eigenvalue weighted by atomic mass is 16.2. The van der Waals surface area contributed by atoms with Crippen molar-refractivity contribution in [1.82, 2.24) is 10.2 Å². The maximum Gasteiger partial charge on any atom is 0.230 e. The zero-order chi connectivity index (χ0) is 15.6. The van der Waals surface area contributed by atoms with Crippen molar-refractivity contribution in [2.45, 2.75) is 56.9 Å². The van der Waals surface area contributed by atoms with E-state index in [-0.39, 0.29) is 5.92 Å². The number of nitrogens with zero attached hydrogens (tertiary/aromatic N) is 1. The van der Waals surface area contributed by atoms with Gasteiger partial charge in [-0.2, -0.15) is 0 Å². The Morgan fingerprint density at radius 3 is 2.65 bits per heavy atom. The third-order valence-electron chi connectivity index (χ3n) is 6.19. The second-order valence-corrected chi connectivity index (χ2v) is 7.51. The molecule has 1 aromatic carbocycles. The maximum absolute atomic E-state index is 13.1. The number of hydrogen-bond donors (Lipinski definition) is 1. The summed E-state index contributed by atoms with van der Waals surface area (Å²) >= 11 is 0. The van der Waals surface area contributed by atoms with Gasteiger partial charge in [-0.05, 0) is 68.5 Å². The summed E-state index contributed by atoms with van der Waals surface area (Å²) in [5.74, 6) is 1.27. The molecule has 1 N–H and O–H groups in total. The summed E-state index contributed by atoms with van der Waals surface area (Å²) in [6.45, 7) is 3.10. The van der Waals surface area contributed by atoms with Crippen molar-refractivity contribution in [1.29, 1.82) is 0 Å². The first kappa shape index (κ1) is 15.2. The first-order valence-electron chi connectivity index (χ1n) is 9.43. The average molecular weight is 312 g/mol. The Balaban J connectivity index is 1.41. The minimum atomic E-state index is 0.112. The number of nitrogens with one attached hydrogen (secondary N) is 1. The zero-order valence-electron chi connectivity index (χ0n) is 14.0. The number of carbonyl (C=O) groups is 1. The molecule has 1 aromatic rings. The number of hydrogen-bond acceptors (Lipinski definition) is 2. The number of benzene rings is 1. The van der Waals surface area contributed by atoms with Crippen molar-refractivity contribution >= 4 is 5.91 Å². The van der Waals surface area contributed by atoms with E-state index in [0.29, 0.717) is 11.9 Å². The number of rotatable bonds is 2. The van der Waals surface area contributed by atoms with Gasteiger partial charge in [-0.1, -0.05) is 24.3 Å². The van der Waals surface area contributed by atoms with E-state index in [4.69, 9.17) is 0 Å². The molecule has 2 atom stereocenters. The van der Waals surface area contributed by atoms with Gasteiger partial charge in [-0.25, -0.2) is 0 Å². The third-order valence-corrected chi connectivity index (χ3v) is 6.19. The lowest BCUT2D eigenvalue weighted by molar-refractivity contribution is -0.134. The molecule has 0 spiro atoms. The van der Waals surface area contributed by atoms with Crippen LogP contribution in [0.15, 0.2) is 24.3 Å². The van der Waals surface area contributed by atoms with Gasteiger partial charge in [0.2, 0.25) is 5.91 Å². The fraction of sp³-hybridized carbons (Fsp3) is 0.650. The summed E-state index contributed by atoms with van der Waals surface area (Å²) in [6, 6.07) is 9.27. The van der Waals surface area contributed by atoms with Gasteiger partial charge < -0.3 is 10.2 Å². The van der Waals surface area contributed by atoms with Crippen LogP contribution in [0.3, 0.4) is 0 Å². The number of aryl methyl sites for hydroxylation is 1. The Bertz CT molecular complexity index is 557. The molecule has 1 aliphatic carbocycles. The lowest BCUT2D eigenvalue weighted by Crippen LogP contribution is -2.45. The quantitative estimate of drug-likeness (QED) is 0.910. The minimum absolute atomic E-state index is 0.112. The Kier molecular flexibility index (Phi) is 4.39. The molecule has 23 heavy (non-hydrogen) atoms. The summed E-state index contributed by atoms with van der Waals surface area (Å²) in [4.78, 5) is 15.2. The predicted octanol–water partition coefficient (Wildman–Crippen LogP) is 3.10. The van der Waals surface area contributed by atoms with E-state index in [1.807, 2.05) is 0 Å². The molecule has 2 saturated heterocycles. The molecule has 3 aliphatic rings. The standard InChI is InChI=1S/C20H28N2O/c23-20(18-8-3-6-15-5-1-2-7-17(15)18)22-13-10-16(11-14-22)19-9-4-12-21-19/h1-2,5,7,16,18-19,21H,3-4,6,8-14H2. The maximum atomic E-state index is 13.1. The normalized spacial score (nSPS) is 28.6. The summed E-state index contributed by atoms with van der Waals surface area (Å²) in [5, 5.41) is 3.64. The Morgan fingerprint density at radius 1 is 1.04 bits per heavy atom. The van der Waals surface area contributed by atoms with Crippen molar-refractivity contribution in [3.05, 3.63) is 35.4 Å². The van der Waals surface area contributed by atoms with Gasteiger partial charge in [0.15, 0.2) is 0 Å². The van der Waals surface area contributed by atoms with Crippen LogP contribution in [0.1, 0.15) is 55.6 Å². The van der Waals surface area contributed by atoms with Gasteiger partial charge >= 0.3 is 0 Å². The lowest BCUT2D eigenvalue weighted by Gasteiger charge is -2.37. The molecular formula is C20H28N2O. The van der Waals surface area contributed by atoms with Gasteiger partial charge in [0, 0.05) is 19.1 Å².